The molecule has 0 atom stereocenters. The zero-order valence-electron chi connectivity index (χ0n) is 5.83. The Morgan fingerprint density at radius 2 is 2.30 bits per heavy atom. The van der Waals surface area contributed by atoms with Crippen molar-refractivity contribution in [3.05, 3.63) is 12.8 Å². The zero-order valence-corrected chi connectivity index (χ0v) is 5.83. The van der Waals surface area contributed by atoms with Crippen LogP contribution in [-0.4, -0.2) is 26.5 Å². The van der Waals surface area contributed by atoms with Gasteiger partial charge in [-0.05, 0) is 0 Å². The van der Waals surface area contributed by atoms with Crippen molar-refractivity contribution in [1.29, 1.82) is 0 Å². The molecule has 0 saturated carbocycles. The maximum atomic E-state index is 10.2. The Hall–Kier alpha value is -1.19. The number of rotatable bonds is 4. The highest BCUT2D eigenvalue weighted by Crippen LogP contribution is 1.82. The fourth-order valence-electron chi connectivity index (χ4n) is 0.315. The molecule has 0 heterocycles. The predicted octanol–water partition coefficient (Wildman–Crippen LogP) is 0.929. The van der Waals surface area contributed by atoms with E-state index < -0.39 is 6.16 Å². The molecule has 0 radical (unpaired) electrons. The third kappa shape index (κ3) is 4.96. The second-order valence-corrected chi connectivity index (χ2v) is 1.34. The molecule has 4 nitrogen and oxygen atoms in total. The van der Waals surface area contributed by atoms with E-state index in [0.29, 0.717) is 6.61 Å². The van der Waals surface area contributed by atoms with Gasteiger partial charge in [0.2, 0.25) is 0 Å². The van der Waals surface area contributed by atoms with E-state index in [1.54, 1.807) is 0 Å². The Morgan fingerprint density at radius 1 is 1.60 bits per heavy atom. The van der Waals surface area contributed by atoms with Gasteiger partial charge in [-0.1, -0.05) is 6.58 Å². The molecule has 0 spiro atoms. The minimum absolute atomic E-state index is 0.179. The first-order valence-corrected chi connectivity index (χ1v) is 2.74. The molecule has 58 valence electrons. The molecule has 0 aliphatic rings. The van der Waals surface area contributed by atoms with Crippen molar-refractivity contribution >= 4 is 6.16 Å². The Balaban J connectivity index is 3.03. The highest BCUT2D eigenvalue weighted by atomic mass is 16.7. The third-order valence-electron chi connectivity index (χ3n) is 0.706. The Bertz CT molecular complexity index is 110. The number of methoxy groups -OCH3 is 1. The minimum atomic E-state index is -0.701. The molecular weight excluding hydrogens is 136 g/mol. The van der Waals surface area contributed by atoms with Crippen LogP contribution < -0.4 is 0 Å². The van der Waals surface area contributed by atoms with Gasteiger partial charge in [-0.3, -0.25) is 0 Å². The van der Waals surface area contributed by atoms with Crippen LogP contribution in [0.4, 0.5) is 4.79 Å². The highest BCUT2D eigenvalue weighted by Gasteiger charge is 1.97. The van der Waals surface area contributed by atoms with Crippen molar-refractivity contribution in [3.63, 3.8) is 0 Å². The Morgan fingerprint density at radius 3 is 2.80 bits per heavy atom. The molecule has 0 aromatic heterocycles. The van der Waals surface area contributed by atoms with Gasteiger partial charge >= 0.3 is 6.16 Å². The third-order valence-corrected chi connectivity index (χ3v) is 0.706. The van der Waals surface area contributed by atoms with Crippen molar-refractivity contribution < 1.29 is 19.0 Å². The predicted molar refractivity (Wildman–Crippen MR) is 34.5 cm³/mol. The van der Waals surface area contributed by atoms with Crippen molar-refractivity contribution in [2.45, 2.75) is 0 Å². The largest absolute Gasteiger partial charge is 0.508 e. The quantitative estimate of drug-likeness (QED) is 0.336. The SMILES string of the molecule is C=COCCOC(=O)OC. The van der Waals surface area contributed by atoms with Gasteiger partial charge in [0.15, 0.2) is 0 Å². The summed E-state index contributed by atoms with van der Waals surface area (Å²) in [6.07, 6.45) is 0.577. The van der Waals surface area contributed by atoms with Crippen molar-refractivity contribution in [1.82, 2.24) is 0 Å². The van der Waals surface area contributed by atoms with Crippen LogP contribution in [0, 0.1) is 0 Å². The maximum absolute atomic E-state index is 10.2. The topological polar surface area (TPSA) is 44.8 Å². The smallest absolute Gasteiger partial charge is 0.498 e. The molecule has 0 aromatic carbocycles. The molecule has 0 rings (SSSR count). The normalized spacial score (nSPS) is 8.10. The Kier molecular flexibility index (Phi) is 5.23. The molecule has 0 aliphatic heterocycles. The summed E-state index contributed by atoms with van der Waals surface area (Å²) < 4.78 is 13.3. The summed E-state index contributed by atoms with van der Waals surface area (Å²) in [5, 5.41) is 0. The Labute approximate surface area is 59.4 Å². The van der Waals surface area contributed by atoms with Crippen LogP contribution in [0.3, 0.4) is 0 Å². The first-order chi connectivity index (χ1) is 4.81. The van der Waals surface area contributed by atoms with Crippen LogP contribution in [0.25, 0.3) is 0 Å². The monoisotopic (exact) mass is 146 g/mol. The van der Waals surface area contributed by atoms with E-state index in [1.807, 2.05) is 0 Å². The maximum Gasteiger partial charge on any atom is 0.508 e. The summed E-state index contributed by atoms with van der Waals surface area (Å²) in [4.78, 5) is 10.2. The lowest BCUT2D eigenvalue weighted by Gasteiger charge is -2.01. The summed E-state index contributed by atoms with van der Waals surface area (Å²) in [6, 6.07) is 0. The number of hydrogen-bond donors (Lipinski definition) is 0. The van der Waals surface area contributed by atoms with E-state index in [-0.39, 0.29) is 6.61 Å². The van der Waals surface area contributed by atoms with Gasteiger partial charge < -0.3 is 14.2 Å². The molecule has 0 amide bonds. The summed E-state index contributed by atoms with van der Waals surface area (Å²) in [6.45, 7) is 3.79. The standard InChI is InChI=1S/C6H10O4/c1-3-9-4-5-10-6(7)8-2/h3H,1,4-5H2,2H3. The van der Waals surface area contributed by atoms with E-state index in [4.69, 9.17) is 0 Å². The number of carbonyl (C=O) groups is 1. The van der Waals surface area contributed by atoms with Crippen LogP contribution in [0.5, 0.6) is 0 Å². The molecule has 10 heavy (non-hydrogen) atoms. The average molecular weight is 146 g/mol. The minimum Gasteiger partial charge on any atom is -0.498 e. The molecule has 0 unspecified atom stereocenters. The zero-order chi connectivity index (χ0) is 7.82. The van der Waals surface area contributed by atoms with E-state index >= 15 is 0 Å². The number of carbonyl (C=O) groups excluding carboxylic acids is 1. The van der Waals surface area contributed by atoms with Gasteiger partial charge in [0, 0.05) is 0 Å². The first-order valence-electron chi connectivity index (χ1n) is 2.74. The van der Waals surface area contributed by atoms with Gasteiger partial charge in [0.05, 0.1) is 13.4 Å². The summed E-state index contributed by atoms with van der Waals surface area (Å²) in [5.41, 5.74) is 0. The second kappa shape index (κ2) is 5.94. The van der Waals surface area contributed by atoms with Crippen LogP contribution in [0.15, 0.2) is 12.8 Å². The van der Waals surface area contributed by atoms with Crippen LogP contribution in [0.1, 0.15) is 0 Å². The summed E-state index contributed by atoms with van der Waals surface area (Å²) in [7, 11) is 1.25. The van der Waals surface area contributed by atoms with Crippen LogP contribution >= 0.6 is 0 Å². The van der Waals surface area contributed by atoms with Crippen molar-refractivity contribution in [3.8, 4) is 0 Å². The van der Waals surface area contributed by atoms with E-state index in [9.17, 15) is 4.79 Å². The summed E-state index contributed by atoms with van der Waals surface area (Å²) >= 11 is 0. The lowest BCUT2D eigenvalue weighted by Crippen LogP contribution is -2.08. The van der Waals surface area contributed by atoms with Gasteiger partial charge in [-0.2, -0.15) is 0 Å². The van der Waals surface area contributed by atoms with E-state index in [1.165, 1.54) is 13.4 Å². The summed E-state index contributed by atoms with van der Waals surface area (Å²) in [5.74, 6) is 0. The lowest BCUT2D eigenvalue weighted by molar-refractivity contribution is 0.0559. The van der Waals surface area contributed by atoms with E-state index in [0.717, 1.165) is 0 Å². The van der Waals surface area contributed by atoms with Gasteiger partial charge in [0.1, 0.15) is 13.2 Å². The molecule has 0 bridgehead atoms. The van der Waals surface area contributed by atoms with Crippen molar-refractivity contribution in [2.24, 2.45) is 0 Å². The molecule has 0 saturated heterocycles. The molecule has 0 aliphatic carbocycles. The molecule has 4 heteroatoms. The first kappa shape index (κ1) is 8.81. The lowest BCUT2D eigenvalue weighted by atomic mass is 10.8. The molecule has 0 fully saturated rings. The van der Waals surface area contributed by atoms with Gasteiger partial charge in [-0.15, -0.1) is 0 Å². The van der Waals surface area contributed by atoms with Crippen LogP contribution in [-0.2, 0) is 14.2 Å². The average Bonchev–Trinajstić information content (AvgIpc) is 1.98. The fourth-order valence-corrected chi connectivity index (χ4v) is 0.315. The van der Waals surface area contributed by atoms with Gasteiger partial charge in [0.25, 0.3) is 0 Å². The number of ether oxygens (including phenoxy) is 3. The molecule has 0 N–H and O–H groups in total. The highest BCUT2D eigenvalue weighted by molar-refractivity contribution is 5.59. The van der Waals surface area contributed by atoms with E-state index in [2.05, 4.69) is 20.8 Å². The second-order valence-electron chi connectivity index (χ2n) is 1.34. The van der Waals surface area contributed by atoms with Gasteiger partial charge in [-0.25, -0.2) is 4.79 Å². The molecular formula is C6H10O4. The fraction of sp³-hybridized carbons (Fsp3) is 0.500. The number of hydrogen-bond acceptors (Lipinski definition) is 4. The van der Waals surface area contributed by atoms with Crippen molar-refractivity contribution in [2.75, 3.05) is 20.3 Å². The van der Waals surface area contributed by atoms with Crippen LogP contribution in [0.2, 0.25) is 0 Å². The molecule has 0 aromatic rings.